The molecule has 4 heteroatoms. The largest absolute Gasteiger partial charge is 0.459 e. The summed E-state index contributed by atoms with van der Waals surface area (Å²) in [4.78, 5) is 11.3. The van der Waals surface area contributed by atoms with Gasteiger partial charge in [0.1, 0.15) is 12.1 Å². The lowest BCUT2D eigenvalue weighted by molar-refractivity contribution is -0.153. The van der Waals surface area contributed by atoms with Crippen molar-refractivity contribution in [3.05, 3.63) is 11.8 Å². The average Bonchev–Trinajstić information content (AvgIpc) is 2.09. The third-order valence-electron chi connectivity index (χ3n) is 1.44. The van der Waals surface area contributed by atoms with Gasteiger partial charge in [0.2, 0.25) is 0 Å². The van der Waals surface area contributed by atoms with Crippen molar-refractivity contribution >= 4 is 12.2 Å². The lowest BCUT2D eigenvalue weighted by Gasteiger charge is -2.19. The molecule has 0 heterocycles. The monoisotopic (exact) mass is 212 g/mol. The molecule has 0 aromatic carbocycles. The van der Waals surface area contributed by atoms with E-state index in [0.29, 0.717) is 5.70 Å². The van der Waals surface area contributed by atoms with Gasteiger partial charge >= 0.3 is 5.97 Å². The lowest BCUT2D eigenvalue weighted by atomic mass is 10.2. The Bertz CT molecular complexity index is 252. The molecule has 0 atom stereocenters. The normalized spacial score (nSPS) is 12.1. The Morgan fingerprint density at radius 2 is 2.07 bits per heavy atom. The smallest absolute Gasteiger partial charge is 0.325 e. The standard InChI is InChI=1S/C11H20N2O2/c1-5-6-9(7-12)13-8-10(14)15-11(2,3)4/h6-7,12-13H,5,8H2,1-4H3/b9-6-,12-7?. The van der Waals surface area contributed by atoms with E-state index in [9.17, 15) is 4.79 Å². The van der Waals surface area contributed by atoms with Gasteiger partial charge < -0.3 is 15.5 Å². The van der Waals surface area contributed by atoms with Gasteiger partial charge in [-0.3, -0.25) is 4.79 Å². The first kappa shape index (κ1) is 13.7. The molecule has 0 aliphatic heterocycles. The summed E-state index contributed by atoms with van der Waals surface area (Å²) in [5, 5.41) is 9.92. The fourth-order valence-corrected chi connectivity index (χ4v) is 0.954. The molecule has 0 aromatic heterocycles. The van der Waals surface area contributed by atoms with Gasteiger partial charge in [0.15, 0.2) is 0 Å². The second-order valence-corrected chi connectivity index (χ2v) is 4.15. The first-order valence-electron chi connectivity index (χ1n) is 5.05. The quantitative estimate of drug-likeness (QED) is 0.540. The van der Waals surface area contributed by atoms with E-state index in [2.05, 4.69) is 5.32 Å². The minimum atomic E-state index is -0.460. The van der Waals surface area contributed by atoms with Crippen LogP contribution in [0.15, 0.2) is 11.8 Å². The first-order valence-corrected chi connectivity index (χ1v) is 5.05. The highest BCUT2D eigenvalue weighted by Crippen LogP contribution is 2.06. The predicted octanol–water partition coefficient (Wildman–Crippen LogP) is 1.86. The minimum absolute atomic E-state index is 0.0957. The van der Waals surface area contributed by atoms with Crippen LogP contribution in [0.2, 0.25) is 0 Å². The zero-order valence-corrected chi connectivity index (χ0v) is 9.89. The van der Waals surface area contributed by atoms with Crippen LogP contribution in [0.1, 0.15) is 34.1 Å². The molecule has 0 saturated heterocycles. The van der Waals surface area contributed by atoms with Gasteiger partial charge in [-0.15, -0.1) is 0 Å². The fourth-order valence-electron chi connectivity index (χ4n) is 0.954. The Labute approximate surface area is 91.2 Å². The third kappa shape index (κ3) is 7.73. The maximum absolute atomic E-state index is 11.3. The van der Waals surface area contributed by atoms with Crippen molar-refractivity contribution in [1.29, 1.82) is 5.41 Å². The molecule has 0 aliphatic rings. The summed E-state index contributed by atoms with van der Waals surface area (Å²) in [5.41, 5.74) is 0.182. The van der Waals surface area contributed by atoms with E-state index in [1.807, 2.05) is 33.8 Å². The zero-order valence-electron chi connectivity index (χ0n) is 9.89. The number of hydrogen-bond donors (Lipinski definition) is 2. The highest BCUT2D eigenvalue weighted by atomic mass is 16.6. The number of rotatable bonds is 5. The van der Waals surface area contributed by atoms with Gasteiger partial charge in [-0.2, -0.15) is 0 Å². The number of esters is 1. The maximum Gasteiger partial charge on any atom is 0.325 e. The molecule has 0 spiro atoms. The van der Waals surface area contributed by atoms with E-state index in [1.165, 1.54) is 6.21 Å². The Morgan fingerprint density at radius 3 is 2.47 bits per heavy atom. The van der Waals surface area contributed by atoms with Crippen molar-refractivity contribution in [3.8, 4) is 0 Å². The van der Waals surface area contributed by atoms with Crippen LogP contribution in [-0.2, 0) is 9.53 Å². The van der Waals surface area contributed by atoms with Crippen LogP contribution >= 0.6 is 0 Å². The second kappa shape index (κ2) is 6.22. The number of hydrogen-bond acceptors (Lipinski definition) is 4. The van der Waals surface area contributed by atoms with Gasteiger partial charge in [-0.05, 0) is 27.2 Å². The molecule has 2 N–H and O–H groups in total. The molecule has 0 rings (SSSR count). The maximum atomic E-state index is 11.3. The van der Waals surface area contributed by atoms with Crippen molar-refractivity contribution in [2.75, 3.05) is 6.54 Å². The first-order chi connectivity index (χ1) is 6.89. The summed E-state index contributed by atoms with van der Waals surface area (Å²) in [6.07, 6.45) is 3.86. The van der Waals surface area contributed by atoms with E-state index < -0.39 is 5.60 Å². The van der Waals surface area contributed by atoms with Gasteiger partial charge in [0.25, 0.3) is 0 Å². The summed E-state index contributed by atoms with van der Waals surface area (Å²) in [7, 11) is 0. The number of ether oxygens (including phenoxy) is 1. The van der Waals surface area contributed by atoms with E-state index in [1.54, 1.807) is 0 Å². The molecule has 0 amide bonds. The van der Waals surface area contributed by atoms with Crippen molar-refractivity contribution in [3.63, 3.8) is 0 Å². The number of nitrogens with one attached hydrogen (secondary N) is 2. The van der Waals surface area contributed by atoms with Crippen LogP contribution in [0.4, 0.5) is 0 Å². The van der Waals surface area contributed by atoms with E-state index in [0.717, 1.165) is 6.42 Å². The summed E-state index contributed by atoms with van der Waals surface area (Å²) in [5.74, 6) is -0.314. The molecule has 15 heavy (non-hydrogen) atoms. The highest BCUT2D eigenvalue weighted by Gasteiger charge is 2.15. The van der Waals surface area contributed by atoms with Gasteiger partial charge in [-0.25, -0.2) is 0 Å². The number of carbonyl (C=O) groups excluding carboxylic acids is 1. The number of allylic oxidation sites excluding steroid dienone is 2. The summed E-state index contributed by atoms with van der Waals surface area (Å²) >= 11 is 0. The molecule has 0 radical (unpaired) electrons. The van der Waals surface area contributed by atoms with Gasteiger partial charge in [0.05, 0.1) is 0 Å². The highest BCUT2D eigenvalue weighted by molar-refractivity contribution is 5.78. The van der Waals surface area contributed by atoms with Crippen molar-refractivity contribution in [2.45, 2.75) is 39.7 Å². The van der Waals surface area contributed by atoms with E-state index in [4.69, 9.17) is 10.1 Å². The summed E-state index contributed by atoms with van der Waals surface area (Å²) < 4.78 is 5.11. The Morgan fingerprint density at radius 1 is 1.47 bits per heavy atom. The Balaban J connectivity index is 4.00. The fraction of sp³-hybridized carbons (Fsp3) is 0.636. The van der Waals surface area contributed by atoms with Gasteiger partial charge in [0, 0.05) is 11.9 Å². The Kier molecular flexibility index (Phi) is 5.67. The molecule has 4 nitrogen and oxygen atoms in total. The van der Waals surface area contributed by atoms with Crippen molar-refractivity contribution < 1.29 is 9.53 Å². The minimum Gasteiger partial charge on any atom is -0.459 e. The van der Waals surface area contributed by atoms with Crippen LogP contribution < -0.4 is 5.32 Å². The molecule has 0 aliphatic carbocycles. The molecule has 0 unspecified atom stereocenters. The Hall–Kier alpha value is -1.32. The zero-order chi connectivity index (χ0) is 11.9. The van der Waals surface area contributed by atoms with Crippen LogP contribution in [0.3, 0.4) is 0 Å². The molecular weight excluding hydrogens is 192 g/mol. The van der Waals surface area contributed by atoms with Crippen LogP contribution in [0.5, 0.6) is 0 Å². The van der Waals surface area contributed by atoms with Crippen molar-refractivity contribution in [2.24, 2.45) is 0 Å². The predicted molar refractivity (Wildman–Crippen MR) is 61.0 cm³/mol. The third-order valence-corrected chi connectivity index (χ3v) is 1.44. The number of carbonyl (C=O) groups is 1. The molecule has 86 valence electrons. The van der Waals surface area contributed by atoms with E-state index >= 15 is 0 Å². The molecule has 0 fully saturated rings. The summed E-state index contributed by atoms with van der Waals surface area (Å²) in [6, 6.07) is 0. The van der Waals surface area contributed by atoms with Crippen molar-refractivity contribution in [1.82, 2.24) is 5.32 Å². The van der Waals surface area contributed by atoms with Crippen LogP contribution in [-0.4, -0.2) is 24.3 Å². The molecular formula is C11H20N2O2. The molecule has 0 bridgehead atoms. The molecule has 0 saturated carbocycles. The molecule has 0 aromatic rings. The van der Waals surface area contributed by atoms with Gasteiger partial charge in [-0.1, -0.05) is 13.0 Å². The van der Waals surface area contributed by atoms with E-state index in [-0.39, 0.29) is 12.5 Å². The lowest BCUT2D eigenvalue weighted by Crippen LogP contribution is -2.31. The SMILES string of the molecule is CC/C=C(/C=N)NCC(=O)OC(C)(C)C. The topological polar surface area (TPSA) is 62.2 Å². The second-order valence-electron chi connectivity index (χ2n) is 4.15. The summed E-state index contributed by atoms with van der Waals surface area (Å²) in [6.45, 7) is 7.54. The van der Waals surface area contributed by atoms with Crippen LogP contribution in [0, 0.1) is 5.41 Å². The average molecular weight is 212 g/mol. The van der Waals surface area contributed by atoms with Crippen LogP contribution in [0.25, 0.3) is 0 Å².